The Balaban J connectivity index is 1.24. The highest BCUT2D eigenvalue weighted by Crippen LogP contribution is 2.33. The molecule has 0 atom stereocenters. The molecular weight excluding hydrogens is 498 g/mol. The topological polar surface area (TPSA) is 84.7 Å². The third-order valence-corrected chi connectivity index (χ3v) is 8.02. The van der Waals surface area contributed by atoms with Crippen LogP contribution in [0.1, 0.15) is 56.3 Å². The molecule has 9 nitrogen and oxygen atoms in total. The largest absolute Gasteiger partial charge is 0.467 e. The lowest BCUT2D eigenvalue weighted by Crippen LogP contribution is -2.44. The van der Waals surface area contributed by atoms with Crippen molar-refractivity contribution in [3.05, 3.63) is 47.9 Å². The van der Waals surface area contributed by atoms with E-state index in [0.29, 0.717) is 49.2 Å². The molecule has 1 aromatic heterocycles. The number of furan rings is 1. The number of nitrogens with zero attached hydrogens (tertiary/aromatic N) is 3. The minimum absolute atomic E-state index is 0.0673. The van der Waals surface area contributed by atoms with Gasteiger partial charge in [0.1, 0.15) is 5.76 Å². The summed E-state index contributed by atoms with van der Waals surface area (Å²) in [6.45, 7) is 5.80. The number of amides is 2. The van der Waals surface area contributed by atoms with Gasteiger partial charge in [-0.1, -0.05) is 31.7 Å². The van der Waals surface area contributed by atoms with Gasteiger partial charge in [-0.15, -0.1) is 0 Å². The predicted molar refractivity (Wildman–Crippen MR) is 145 cm³/mol. The predicted octanol–water partition coefficient (Wildman–Crippen LogP) is 4.06. The average Bonchev–Trinajstić information content (AvgIpc) is 3.74. The van der Waals surface area contributed by atoms with Crippen LogP contribution < -0.4 is 9.47 Å². The van der Waals surface area contributed by atoms with Gasteiger partial charge in [-0.2, -0.15) is 0 Å². The molecule has 0 unspecified atom stereocenters. The number of morpholine rings is 1. The smallest absolute Gasteiger partial charge is 0.242 e. The Labute approximate surface area is 231 Å². The maximum atomic E-state index is 13.8. The molecule has 3 heterocycles. The number of fused-ring (bicyclic) bond motifs is 1. The van der Waals surface area contributed by atoms with Gasteiger partial charge in [0, 0.05) is 39.1 Å². The Kier molecular flexibility index (Phi) is 9.77. The third-order valence-electron chi connectivity index (χ3n) is 8.02. The van der Waals surface area contributed by atoms with Gasteiger partial charge < -0.3 is 28.4 Å². The summed E-state index contributed by atoms with van der Waals surface area (Å²) in [5.41, 5.74) is 0.936. The molecule has 0 spiro atoms. The molecule has 1 aromatic carbocycles. The molecule has 2 aromatic rings. The van der Waals surface area contributed by atoms with Crippen molar-refractivity contribution in [3.63, 3.8) is 0 Å². The molecule has 2 fully saturated rings. The van der Waals surface area contributed by atoms with E-state index < -0.39 is 0 Å². The van der Waals surface area contributed by atoms with Gasteiger partial charge in [0.25, 0.3) is 0 Å². The molecule has 0 radical (unpaired) electrons. The molecule has 0 N–H and O–H groups in total. The number of ether oxygens (including phenoxy) is 3. The first-order valence-corrected chi connectivity index (χ1v) is 14.4. The fourth-order valence-electron chi connectivity index (χ4n) is 5.73. The second kappa shape index (κ2) is 13.8. The van der Waals surface area contributed by atoms with Gasteiger partial charge in [-0.25, -0.2) is 0 Å². The highest BCUT2D eigenvalue weighted by molar-refractivity contribution is 5.85. The van der Waals surface area contributed by atoms with Crippen LogP contribution in [0.3, 0.4) is 0 Å². The standard InChI is InChI=1S/C30H41N3O6/c34-29(11-9-24-5-1-2-6-24)32(13-4-12-31-14-17-36-18-15-31)22-30(35)33(21-26-7-3-16-37-26)20-25-8-10-27-28(19-25)39-23-38-27/h3,7-8,10,16,19,24H,1-2,4-6,9,11-15,17-18,20-23H2. The monoisotopic (exact) mass is 539 g/mol. The van der Waals surface area contributed by atoms with Gasteiger partial charge >= 0.3 is 0 Å². The first-order valence-electron chi connectivity index (χ1n) is 14.4. The molecule has 0 bridgehead atoms. The van der Waals surface area contributed by atoms with Crippen LogP contribution in [0.2, 0.25) is 0 Å². The van der Waals surface area contributed by atoms with Crippen LogP contribution >= 0.6 is 0 Å². The fraction of sp³-hybridized carbons (Fsp3) is 0.600. The van der Waals surface area contributed by atoms with Crippen molar-refractivity contribution in [2.24, 2.45) is 5.92 Å². The van der Waals surface area contributed by atoms with Crippen molar-refractivity contribution in [2.75, 3.05) is 52.7 Å². The van der Waals surface area contributed by atoms with Gasteiger partial charge in [0.05, 0.1) is 32.6 Å². The zero-order valence-corrected chi connectivity index (χ0v) is 22.9. The minimum Gasteiger partial charge on any atom is -0.467 e. The molecule has 5 rings (SSSR count). The van der Waals surface area contributed by atoms with E-state index in [1.165, 1.54) is 25.7 Å². The second-order valence-corrected chi connectivity index (χ2v) is 10.8. The van der Waals surface area contributed by atoms with Crippen molar-refractivity contribution < 1.29 is 28.2 Å². The SMILES string of the molecule is O=C(CCC1CCCC1)N(CCCN1CCOCC1)CC(=O)N(Cc1ccc2c(c1)OCO2)Cc1ccco1. The highest BCUT2D eigenvalue weighted by atomic mass is 16.7. The second-order valence-electron chi connectivity index (χ2n) is 10.8. The van der Waals surface area contributed by atoms with Crippen molar-refractivity contribution in [2.45, 2.75) is 58.0 Å². The molecule has 3 aliphatic rings. The summed E-state index contributed by atoms with van der Waals surface area (Å²) in [6, 6.07) is 9.42. The van der Waals surface area contributed by atoms with Crippen LogP contribution in [-0.2, 0) is 27.4 Å². The number of hydrogen-bond acceptors (Lipinski definition) is 7. The van der Waals surface area contributed by atoms with Gasteiger partial charge in [0.15, 0.2) is 11.5 Å². The highest BCUT2D eigenvalue weighted by Gasteiger charge is 2.25. The summed E-state index contributed by atoms with van der Waals surface area (Å²) in [7, 11) is 0. The number of benzene rings is 1. The maximum Gasteiger partial charge on any atom is 0.242 e. The number of rotatable bonds is 13. The van der Waals surface area contributed by atoms with Crippen molar-refractivity contribution in [1.29, 1.82) is 0 Å². The lowest BCUT2D eigenvalue weighted by atomic mass is 10.0. The van der Waals surface area contributed by atoms with Crippen LogP contribution in [0.4, 0.5) is 0 Å². The zero-order chi connectivity index (χ0) is 26.9. The first-order chi connectivity index (χ1) is 19.1. The van der Waals surface area contributed by atoms with Crippen LogP contribution in [0, 0.1) is 5.92 Å². The molecule has 1 saturated heterocycles. The van der Waals surface area contributed by atoms with E-state index in [1.54, 1.807) is 16.1 Å². The molecule has 1 saturated carbocycles. The Hall–Kier alpha value is -3.04. The first kappa shape index (κ1) is 27.5. The lowest BCUT2D eigenvalue weighted by Gasteiger charge is -2.30. The molecule has 212 valence electrons. The van der Waals surface area contributed by atoms with Crippen molar-refractivity contribution >= 4 is 11.8 Å². The van der Waals surface area contributed by atoms with E-state index in [4.69, 9.17) is 18.6 Å². The maximum absolute atomic E-state index is 13.8. The summed E-state index contributed by atoms with van der Waals surface area (Å²) in [5, 5.41) is 0. The minimum atomic E-state index is -0.0929. The third kappa shape index (κ3) is 7.99. The molecule has 39 heavy (non-hydrogen) atoms. The van der Waals surface area contributed by atoms with E-state index in [-0.39, 0.29) is 25.2 Å². The van der Waals surface area contributed by atoms with E-state index in [2.05, 4.69) is 4.90 Å². The quantitative estimate of drug-likeness (QED) is 0.380. The Morgan fingerprint density at radius 1 is 0.949 bits per heavy atom. The van der Waals surface area contributed by atoms with E-state index in [0.717, 1.165) is 51.3 Å². The number of carbonyl (C=O) groups excluding carboxylic acids is 2. The summed E-state index contributed by atoms with van der Waals surface area (Å²) >= 11 is 0. The van der Waals surface area contributed by atoms with Gasteiger partial charge in [0.2, 0.25) is 18.6 Å². The van der Waals surface area contributed by atoms with E-state index in [1.807, 2.05) is 30.3 Å². The van der Waals surface area contributed by atoms with Crippen LogP contribution in [0.25, 0.3) is 0 Å². The Bertz CT molecular complexity index is 1060. The molecule has 9 heteroatoms. The molecule has 2 aliphatic heterocycles. The fourth-order valence-corrected chi connectivity index (χ4v) is 5.73. The lowest BCUT2D eigenvalue weighted by molar-refractivity contribution is -0.141. The Morgan fingerprint density at radius 3 is 2.56 bits per heavy atom. The van der Waals surface area contributed by atoms with E-state index in [9.17, 15) is 9.59 Å². The van der Waals surface area contributed by atoms with Crippen LogP contribution in [0.15, 0.2) is 41.0 Å². The summed E-state index contributed by atoms with van der Waals surface area (Å²) in [5.74, 6) is 2.73. The molecular formula is C30H41N3O6. The number of hydrogen-bond donors (Lipinski definition) is 0. The van der Waals surface area contributed by atoms with Crippen molar-refractivity contribution in [1.82, 2.24) is 14.7 Å². The van der Waals surface area contributed by atoms with Crippen LogP contribution in [0.5, 0.6) is 11.5 Å². The average molecular weight is 540 g/mol. The molecule has 1 aliphatic carbocycles. The summed E-state index contributed by atoms with van der Waals surface area (Å²) in [6.07, 6.45) is 8.85. The van der Waals surface area contributed by atoms with Crippen LogP contribution in [-0.4, -0.2) is 79.2 Å². The summed E-state index contributed by atoms with van der Waals surface area (Å²) < 4.78 is 22.0. The molecule has 2 amide bonds. The zero-order valence-electron chi connectivity index (χ0n) is 22.9. The summed E-state index contributed by atoms with van der Waals surface area (Å²) in [4.78, 5) is 33.1. The number of carbonyl (C=O) groups is 2. The van der Waals surface area contributed by atoms with Gasteiger partial charge in [-0.05, 0) is 48.6 Å². The van der Waals surface area contributed by atoms with E-state index >= 15 is 0 Å². The normalized spacial score (nSPS) is 17.4. The Morgan fingerprint density at radius 2 is 1.77 bits per heavy atom. The van der Waals surface area contributed by atoms with Gasteiger partial charge in [-0.3, -0.25) is 14.5 Å². The van der Waals surface area contributed by atoms with Crippen molar-refractivity contribution in [3.8, 4) is 11.5 Å².